The summed E-state index contributed by atoms with van der Waals surface area (Å²) in [7, 11) is 4.28. The Morgan fingerprint density at radius 1 is 1.27 bits per heavy atom. The van der Waals surface area contributed by atoms with Crippen molar-refractivity contribution in [1.29, 1.82) is 0 Å². The van der Waals surface area contributed by atoms with Crippen LogP contribution in [0, 0.1) is 0 Å². The Kier molecular flexibility index (Phi) is 5.03. The van der Waals surface area contributed by atoms with Crippen molar-refractivity contribution in [2.45, 2.75) is 18.9 Å². The van der Waals surface area contributed by atoms with Gasteiger partial charge >= 0.3 is 98.4 Å². The molecule has 0 spiro atoms. The van der Waals surface area contributed by atoms with E-state index in [1.54, 1.807) is 0 Å². The molecule has 1 aromatic rings. The van der Waals surface area contributed by atoms with Crippen molar-refractivity contribution in [3.8, 4) is 0 Å². The van der Waals surface area contributed by atoms with Crippen LogP contribution in [0.4, 0.5) is 0 Å². The summed E-state index contributed by atoms with van der Waals surface area (Å²) in [6.07, 6.45) is 0.335. The van der Waals surface area contributed by atoms with Crippen LogP contribution in [0.1, 0.15) is 12.5 Å². The molecule has 0 aromatic heterocycles. The summed E-state index contributed by atoms with van der Waals surface area (Å²) in [5, 5.41) is 0. The summed E-state index contributed by atoms with van der Waals surface area (Å²) in [6.45, 7) is 2.16. The molecular formula is C12H19N2Se+. The standard InChI is InChI=1S/C12H18N2Se/c1-10(14(2)3)13-12(15-4)11-8-6-5-7-9-11/h5-10H,1-4H3/p+1. The van der Waals surface area contributed by atoms with Crippen LogP contribution < -0.4 is 4.90 Å². The van der Waals surface area contributed by atoms with Crippen LogP contribution in [0.5, 0.6) is 0 Å². The van der Waals surface area contributed by atoms with Crippen molar-refractivity contribution >= 4 is 19.6 Å². The maximum absolute atomic E-state index is 4.77. The minimum atomic E-state index is 0.335. The number of aliphatic imine (C=N–C) groups is 1. The second-order valence-corrected chi connectivity index (χ2v) is 5.43. The number of nitrogens with zero attached hydrogens (tertiary/aromatic N) is 1. The first-order chi connectivity index (χ1) is 7.15. The van der Waals surface area contributed by atoms with Gasteiger partial charge in [-0.05, 0) is 0 Å². The molecule has 0 amide bonds. The second-order valence-electron chi connectivity index (χ2n) is 3.76. The normalized spacial score (nSPS) is 14.3. The molecule has 0 aliphatic heterocycles. The topological polar surface area (TPSA) is 16.8 Å². The van der Waals surface area contributed by atoms with Gasteiger partial charge in [0, 0.05) is 0 Å². The molecule has 0 saturated carbocycles. The van der Waals surface area contributed by atoms with Crippen molar-refractivity contribution in [1.82, 2.24) is 0 Å². The summed E-state index contributed by atoms with van der Waals surface area (Å²) >= 11 is 0.449. The van der Waals surface area contributed by atoms with Gasteiger partial charge in [0.2, 0.25) is 0 Å². The first-order valence-electron chi connectivity index (χ1n) is 5.12. The van der Waals surface area contributed by atoms with Gasteiger partial charge in [-0.1, -0.05) is 0 Å². The summed E-state index contributed by atoms with van der Waals surface area (Å²) in [5.41, 5.74) is 1.27. The van der Waals surface area contributed by atoms with E-state index >= 15 is 0 Å². The van der Waals surface area contributed by atoms with Gasteiger partial charge in [-0.2, -0.15) is 0 Å². The predicted molar refractivity (Wildman–Crippen MR) is 66.9 cm³/mol. The van der Waals surface area contributed by atoms with Gasteiger partial charge in [0.25, 0.3) is 0 Å². The third-order valence-electron chi connectivity index (χ3n) is 2.36. The fraction of sp³-hybridized carbons (Fsp3) is 0.417. The minimum absolute atomic E-state index is 0.335. The molecule has 0 bridgehead atoms. The number of hydrogen-bond donors (Lipinski definition) is 1. The van der Waals surface area contributed by atoms with E-state index < -0.39 is 0 Å². The predicted octanol–water partition coefficient (Wildman–Crippen LogP) is 0.676. The number of benzene rings is 1. The molecule has 0 radical (unpaired) electrons. The molecule has 82 valence electrons. The van der Waals surface area contributed by atoms with Crippen LogP contribution in [-0.2, 0) is 0 Å². The molecule has 1 atom stereocenters. The zero-order valence-electron chi connectivity index (χ0n) is 9.82. The first-order valence-corrected chi connectivity index (χ1v) is 7.69. The van der Waals surface area contributed by atoms with Crippen molar-refractivity contribution in [2.75, 3.05) is 14.1 Å². The summed E-state index contributed by atoms with van der Waals surface area (Å²) < 4.78 is 1.26. The van der Waals surface area contributed by atoms with Gasteiger partial charge in [-0.15, -0.1) is 0 Å². The molecule has 1 aromatic carbocycles. The Hall–Kier alpha value is -0.631. The van der Waals surface area contributed by atoms with Crippen LogP contribution in [-0.4, -0.2) is 39.8 Å². The molecule has 0 heterocycles. The van der Waals surface area contributed by atoms with Crippen molar-refractivity contribution in [2.24, 2.45) is 4.99 Å². The van der Waals surface area contributed by atoms with Crippen molar-refractivity contribution < 1.29 is 4.90 Å². The van der Waals surface area contributed by atoms with Crippen LogP contribution in [0.15, 0.2) is 35.3 Å². The van der Waals surface area contributed by atoms with Gasteiger partial charge in [-0.3, -0.25) is 0 Å². The molecule has 1 unspecified atom stereocenters. The van der Waals surface area contributed by atoms with Gasteiger partial charge in [0.15, 0.2) is 0 Å². The fourth-order valence-corrected chi connectivity index (χ4v) is 2.46. The van der Waals surface area contributed by atoms with Gasteiger partial charge in [-0.25, -0.2) is 0 Å². The molecule has 1 rings (SSSR count). The zero-order valence-corrected chi connectivity index (χ0v) is 11.5. The quantitative estimate of drug-likeness (QED) is 0.612. The number of hydrogen-bond acceptors (Lipinski definition) is 1. The average Bonchev–Trinajstić information content (AvgIpc) is 2.26. The molecule has 0 aliphatic rings. The Bertz CT molecular complexity index is 320. The van der Waals surface area contributed by atoms with E-state index in [-0.39, 0.29) is 0 Å². The van der Waals surface area contributed by atoms with E-state index in [1.807, 2.05) is 6.07 Å². The fourth-order valence-electron chi connectivity index (χ4n) is 1.13. The van der Waals surface area contributed by atoms with Gasteiger partial charge < -0.3 is 0 Å². The summed E-state index contributed by atoms with van der Waals surface area (Å²) in [4.78, 5) is 6.14. The third kappa shape index (κ3) is 3.78. The van der Waals surface area contributed by atoms with Crippen LogP contribution in [0.3, 0.4) is 0 Å². The van der Waals surface area contributed by atoms with Gasteiger partial charge in [0.1, 0.15) is 0 Å². The van der Waals surface area contributed by atoms with Crippen molar-refractivity contribution in [3.63, 3.8) is 0 Å². The SMILES string of the molecule is C[Se]C(=NC(C)[NH+](C)C)c1ccccc1. The van der Waals surface area contributed by atoms with Crippen LogP contribution in [0.25, 0.3) is 0 Å². The molecule has 2 nitrogen and oxygen atoms in total. The number of quaternary nitrogens is 1. The van der Waals surface area contributed by atoms with E-state index in [0.717, 1.165) is 0 Å². The number of rotatable bonds is 4. The van der Waals surface area contributed by atoms with E-state index in [9.17, 15) is 0 Å². The summed E-state index contributed by atoms with van der Waals surface area (Å²) in [6, 6.07) is 10.5. The van der Waals surface area contributed by atoms with E-state index in [1.165, 1.54) is 15.1 Å². The summed E-state index contributed by atoms with van der Waals surface area (Å²) in [5.74, 6) is 2.22. The van der Waals surface area contributed by atoms with E-state index in [4.69, 9.17) is 4.99 Å². The van der Waals surface area contributed by atoms with E-state index in [0.29, 0.717) is 21.1 Å². The second kappa shape index (κ2) is 6.06. The maximum atomic E-state index is 4.77. The van der Waals surface area contributed by atoms with E-state index in [2.05, 4.69) is 51.1 Å². The molecular weight excluding hydrogens is 251 g/mol. The Labute approximate surface area is 98.6 Å². The van der Waals surface area contributed by atoms with Crippen molar-refractivity contribution in [3.05, 3.63) is 35.9 Å². The molecule has 0 saturated heterocycles. The Morgan fingerprint density at radius 2 is 1.87 bits per heavy atom. The Balaban J connectivity index is 2.89. The molecule has 15 heavy (non-hydrogen) atoms. The molecule has 3 heteroatoms. The van der Waals surface area contributed by atoms with Crippen LogP contribution in [0.2, 0.25) is 5.82 Å². The Morgan fingerprint density at radius 3 is 2.33 bits per heavy atom. The van der Waals surface area contributed by atoms with Gasteiger partial charge in [0.05, 0.1) is 0 Å². The zero-order chi connectivity index (χ0) is 11.3. The average molecular weight is 270 g/mol. The first kappa shape index (κ1) is 12.4. The third-order valence-corrected chi connectivity index (χ3v) is 3.89. The molecule has 1 N–H and O–H groups in total. The molecule has 0 aliphatic carbocycles. The monoisotopic (exact) mass is 271 g/mol. The van der Waals surface area contributed by atoms with Crippen LogP contribution >= 0.6 is 0 Å². The molecule has 0 fully saturated rings. The number of nitrogens with one attached hydrogen (secondary N) is 1.